The van der Waals surface area contributed by atoms with Crippen LogP contribution in [-0.4, -0.2) is 40.3 Å². The van der Waals surface area contributed by atoms with Crippen LogP contribution in [0.15, 0.2) is 0 Å². The van der Waals surface area contributed by atoms with Crippen molar-refractivity contribution >= 4 is 17.5 Å². The van der Waals surface area contributed by atoms with E-state index < -0.39 is 0 Å². The standard InChI is InChI=1S/C11H19NOS/c1-8-6-12(7-9(2)14-8)10-4-3-5-11(10)13/h8-10H,3-7H2,1-2H3. The Morgan fingerprint density at radius 2 is 1.93 bits per heavy atom. The number of nitrogens with zero attached hydrogens (tertiary/aromatic N) is 1. The quantitative estimate of drug-likeness (QED) is 0.664. The van der Waals surface area contributed by atoms with Crippen LogP contribution in [-0.2, 0) is 4.79 Å². The molecule has 1 aliphatic heterocycles. The molecular formula is C11H19NOS. The Kier molecular flexibility index (Phi) is 3.17. The normalized spacial score (nSPS) is 40.4. The molecule has 1 saturated carbocycles. The number of carbonyl (C=O) groups is 1. The zero-order chi connectivity index (χ0) is 10.1. The summed E-state index contributed by atoms with van der Waals surface area (Å²) >= 11 is 2.05. The number of hydrogen-bond acceptors (Lipinski definition) is 3. The summed E-state index contributed by atoms with van der Waals surface area (Å²) in [5.74, 6) is 0.483. The fraction of sp³-hybridized carbons (Fsp3) is 0.909. The first-order valence-electron chi connectivity index (χ1n) is 5.59. The molecule has 2 aliphatic rings. The topological polar surface area (TPSA) is 20.3 Å². The summed E-state index contributed by atoms with van der Waals surface area (Å²) in [5.41, 5.74) is 0. The van der Waals surface area contributed by atoms with Crippen LogP contribution in [0.3, 0.4) is 0 Å². The predicted octanol–water partition coefficient (Wildman–Crippen LogP) is 1.93. The molecule has 0 N–H and O–H groups in total. The number of Topliss-reactive ketones (excluding diaryl/α,β-unsaturated/α-hetero) is 1. The molecule has 0 aromatic heterocycles. The second-order valence-corrected chi connectivity index (χ2v) is 6.47. The van der Waals surface area contributed by atoms with E-state index in [1.165, 1.54) is 0 Å². The zero-order valence-electron chi connectivity index (χ0n) is 9.03. The van der Waals surface area contributed by atoms with E-state index in [2.05, 4.69) is 30.5 Å². The van der Waals surface area contributed by atoms with Gasteiger partial charge in [-0.05, 0) is 12.8 Å². The number of rotatable bonds is 1. The molecule has 2 rings (SSSR count). The Morgan fingerprint density at radius 3 is 2.43 bits per heavy atom. The van der Waals surface area contributed by atoms with Crippen molar-refractivity contribution in [2.24, 2.45) is 0 Å². The van der Waals surface area contributed by atoms with Crippen LogP contribution in [0.5, 0.6) is 0 Å². The first-order valence-corrected chi connectivity index (χ1v) is 6.53. The lowest BCUT2D eigenvalue weighted by Gasteiger charge is -2.37. The zero-order valence-corrected chi connectivity index (χ0v) is 9.85. The number of ketones is 1. The van der Waals surface area contributed by atoms with Crippen molar-refractivity contribution in [1.29, 1.82) is 0 Å². The van der Waals surface area contributed by atoms with E-state index in [0.29, 0.717) is 16.3 Å². The van der Waals surface area contributed by atoms with Gasteiger partial charge in [0.25, 0.3) is 0 Å². The van der Waals surface area contributed by atoms with Gasteiger partial charge in [0.15, 0.2) is 0 Å². The van der Waals surface area contributed by atoms with Gasteiger partial charge in [0.05, 0.1) is 6.04 Å². The van der Waals surface area contributed by atoms with Crippen LogP contribution in [0.1, 0.15) is 33.1 Å². The van der Waals surface area contributed by atoms with E-state index >= 15 is 0 Å². The van der Waals surface area contributed by atoms with Crippen LogP contribution < -0.4 is 0 Å². The molecule has 0 aromatic rings. The van der Waals surface area contributed by atoms with Crippen LogP contribution in [0.2, 0.25) is 0 Å². The monoisotopic (exact) mass is 213 g/mol. The van der Waals surface area contributed by atoms with Crippen molar-refractivity contribution < 1.29 is 4.79 Å². The van der Waals surface area contributed by atoms with Gasteiger partial charge in [0, 0.05) is 30.0 Å². The maximum atomic E-state index is 11.6. The van der Waals surface area contributed by atoms with Crippen molar-refractivity contribution in [3.8, 4) is 0 Å². The second-order valence-electron chi connectivity index (χ2n) is 4.59. The first kappa shape index (κ1) is 10.5. The summed E-state index contributed by atoms with van der Waals surface area (Å²) in [4.78, 5) is 14.1. The maximum Gasteiger partial charge on any atom is 0.149 e. The molecule has 0 amide bonds. The predicted molar refractivity (Wildman–Crippen MR) is 60.7 cm³/mol. The number of hydrogen-bond donors (Lipinski definition) is 0. The van der Waals surface area contributed by atoms with Gasteiger partial charge >= 0.3 is 0 Å². The molecule has 1 aliphatic carbocycles. The molecule has 0 radical (unpaired) electrons. The Labute approximate surface area is 90.4 Å². The van der Waals surface area contributed by atoms with Gasteiger partial charge in [-0.25, -0.2) is 0 Å². The van der Waals surface area contributed by atoms with Crippen molar-refractivity contribution in [1.82, 2.24) is 4.90 Å². The summed E-state index contributed by atoms with van der Waals surface area (Å²) in [6, 6.07) is 0.265. The van der Waals surface area contributed by atoms with Gasteiger partial charge < -0.3 is 0 Å². The minimum atomic E-state index is 0.265. The van der Waals surface area contributed by atoms with Crippen LogP contribution >= 0.6 is 11.8 Å². The highest BCUT2D eigenvalue weighted by atomic mass is 32.2. The first-order chi connectivity index (χ1) is 6.66. The van der Waals surface area contributed by atoms with Crippen molar-refractivity contribution in [2.75, 3.05) is 13.1 Å². The molecule has 0 bridgehead atoms. The van der Waals surface area contributed by atoms with E-state index in [4.69, 9.17) is 0 Å². The third kappa shape index (κ3) is 2.14. The highest BCUT2D eigenvalue weighted by Crippen LogP contribution is 2.29. The SMILES string of the molecule is CC1CN(C2CCCC2=O)CC(C)S1. The molecule has 1 heterocycles. The summed E-state index contributed by atoms with van der Waals surface area (Å²) in [5, 5.41) is 1.37. The van der Waals surface area contributed by atoms with E-state index in [1.807, 2.05) is 0 Å². The van der Waals surface area contributed by atoms with Gasteiger partial charge in [-0.1, -0.05) is 13.8 Å². The third-order valence-corrected chi connectivity index (χ3v) is 4.39. The van der Waals surface area contributed by atoms with Crippen LogP contribution in [0, 0.1) is 0 Å². The minimum Gasteiger partial charge on any atom is -0.298 e. The fourth-order valence-electron chi connectivity index (χ4n) is 2.66. The smallest absolute Gasteiger partial charge is 0.149 e. The van der Waals surface area contributed by atoms with Gasteiger partial charge in [-0.15, -0.1) is 0 Å². The van der Waals surface area contributed by atoms with Gasteiger partial charge in [-0.2, -0.15) is 11.8 Å². The van der Waals surface area contributed by atoms with Crippen molar-refractivity contribution in [2.45, 2.75) is 49.7 Å². The van der Waals surface area contributed by atoms with Gasteiger partial charge in [0.1, 0.15) is 5.78 Å². The highest BCUT2D eigenvalue weighted by Gasteiger charge is 2.34. The average Bonchev–Trinajstić information content (AvgIpc) is 2.49. The summed E-state index contributed by atoms with van der Waals surface area (Å²) in [6.45, 7) is 6.75. The summed E-state index contributed by atoms with van der Waals surface area (Å²) in [6.07, 6.45) is 3.02. The largest absolute Gasteiger partial charge is 0.298 e. The highest BCUT2D eigenvalue weighted by molar-refractivity contribution is 8.00. The Hall–Kier alpha value is -0.0200. The molecule has 3 unspecified atom stereocenters. The summed E-state index contributed by atoms with van der Waals surface area (Å²) in [7, 11) is 0. The van der Waals surface area contributed by atoms with E-state index in [1.54, 1.807) is 0 Å². The Bertz CT molecular complexity index is 221. The number of thioether (sulfide) groups is 1. The van der Waals surface area contributed by atoms with Crippen molar-refractivity contribution in [3.63, 3.8) is 0 Å². The minimum absolute atomic E-state index is 0.265. The molecule has 1 saturated heterocycles. The van der Waals surface area contributed by atoms with Crippen LogP contribution in [0.4, 0.5) is 0 Å². The van der Waals surface area contributed by atoms with E-state index in [-0.39, 0.29) is 6.04 Å². The molecule has 0 spiro atoms. The molecule has 80 valence electrons. The Balaban J connectivity index is 1.99. The third-order valence-electron chi connectivity index (χ3n) is 3.16. The van der Waals surface area contributed by atoms with Crippen molar-refractivity contribution in [3.05, 3.63) is 0 Å². The van der Waals surface area contributed by atoms with E-state index in [0.717, 1.165) is 32.4 Å². The van der Waals surface area contributed by atoms with E-state index in [9.17, 15) is 4.79 Å². The Morgan fingerprint density at radius 1 is 1.29 bits per heavy atom. The fourth-order valence-corrected chi connectivity index (χ4v) is 4.00. The molecule has 2 fully saturated rings. The van der Waals surface area contributed by atoms with Gasteiger partial charge in [-0.3, -0.25) is 9.69 Å². The molecular weight excluding hydrogens is 194 g/mol. The van der Waals surface area contributed by atoms with Crippen LogP contribution in [0.25, 0.3) is 0 Å². The summed E-state index contributed by atoms with van der Waals surface area (Å²) < 4.78 is 0. The molecule has 0 aromatic carbocycles. The second kappa shape index (κ2) is 4.23. The molecule has 2 nitrogen and oxygen atoms in total. The van der Waals surface area contributed by atoms with Gasteiger partial charge in [0.2, 0.25) is 0 Å². The maximum absolute atomic E-state index is 11.6. The lowest BCUT2D eigenvalue weighted by atomic mass is 10.1. The lowest BCUT2D eigenvalue weighted by Crippen LogP contribution is -2.47. The number of carbonyl (C=O) groups excluding carboxylic acids is 1. The molecule has 3 atom stereocenters. The lowest BCUT2D eigenvalue weighted by molar-refractivity contribution is -0.121. The average molecular weight is 213 g/mol. The molecule has 3 heteroatoms. The molecule has 14 heavy (non-hydrogen) atoms.